The zero-order chi connectivity index (χ0) is 27.0. The summed E-state index contributed by atoms with van der Waals surface area (Å²) in [6.07, 6.45) is 10.4. The molecule has 39 heavy (non-hydrogen) atoms. The Morgan fingerprint density at radius 2 is 1.33 bits per heavy atom. The predicted octanol–water partition coefficient (Wildman–Crippen LogP) is 3.22. The van der Waals surface area contributed by atoms with Crippen LogP contribution in [0, 0.1) is 0 Å². The highest BCUT2D eigenvalue weighted by Crippen LogP contribution is 2.21. The van der Waals surface area contributed by atoms with Crippen LogP contribution in [0.3, 0.4) is 0 Å². The van der Waals surface area contributed by atoms with E-state index in [1.807, 2.05) is 24.3 Å². The van der Waals surface area contributed by atoms with Crippen LogP contribution in [0.1, 0.15) is 22.5 Å². The van der Waals surface area contributed by atoms with Gasteiger partial charge in [0, 0.05) is 56.1 Å². The second-order valence-corrected chi connectivity index (χ2v) is 9.19. The molecule has 0 aliphatic heterocycles. The normalized spacial score (nSPS) is 10.8. The molecule has 0 saturated carbocycles. The summed E-state index contributed by atoms with van der Waals surface area (Å²) >= 11 is 3.40. The molecule has 0 fully saturated rings. The molecule has 6 aromatic heterocycles. The highest BCUT2D eigenvalue weighted by molar-refractivity contribution is 9.10. The van der Waals surface area contributed by atoms with Crippen molar-refractivity contribution in [3.05, 3.63) is 107 Å². The molecule has 6 rings (SSSR count). The first kappa shape index (κ1) is 26.2. The third kappa shape index (κ3) is 6.34. The lowest BCUT2D eigenvalue weighted by Gasteiger charge is -2.09. The molecule has 0 atom stereocenters. The molecule has 0 radical (unpaired) electrons. The average Bonchev–Trinajstić information content (AvgIpc) is 3.62. The number of hydrogen-bond acceptors (Lipinski definition) is 10. The predicted molar refractivity (Wildman–Crippen MR) is 149 cm³/mol. The fourth-order valence-electron chi connectivity index (χ4n) is 3.76. The van der Waals surface area contributed by atoms with E-state index in [-0.39, 0.29) is 13.2 Å². The molecule has 0 saturated heterocycles. The number of fused-ring (bicyclic) bond motifs is 2. The molecule has 0 amide bonds. The molecule has 0 aromatic carbocycles. The van der Waals surface area contributed by atoms with Crippen LogP contribution >= 0.6 is 15.9 Å². The highest BCUT2D eigenvalue weighted by atomic mass is 79.9. The van der Waals surface area contributed by atoms with Gasteiger partial charge < -0.3 is 20.8 Å². The van der Waals surface area contributed by atoms with E-state index in [4.69, 9.17) is 0 Å². The zero-order valence-electron chi connectivity index (χ0n) is 20.7. The highest BCUT2D eigenvalue weighted by Gasteiger charge is 2.10. The summed E-state index contributed by atoms with van der Waals surface area (Å²) in [4.78, 5) is 16.7. The molecule has 0 spiro atoms. The number of nitrogens with zero attached hydrogens (tertiary/aromatic N) is 8. The van der Waals surface area contributed by atoms with Crippen molar-refractivity contribution in [2.45, 2.75) is 26.3 Å². The molecule has 6 heterocycles. The van der Waals surface area contributed by atoms with Crippen molar-refractivity contribution >= 4 is 38.9 Å². The summed E-state index contributed by atoms with van der Waals surface area (Å²) in [7, 11) is 0. The number of nitrogens with one attached hydrogen (secondary N) is 2. The number of hydrogen-bond donors (Lipinski definition) is 4. The first-order chi connectivity index (χ1) is 19.1. The van der Waals surface area contributed by atoms with Gasteiger partial charge in [0.25, 0.3) is 0 Å². The number of aromatic nitrogens is 8. The van der Waals surface area contributed by atoms with Crippen molar-refractivity contribution < 1.29 is 10.2 Å². The Labute approximate surface area is 231 Å². The van der Waals surface area contributed by atoms with E-state index < -0.39 is 0 Å². The molecule has 0 bridgehead atoms. The number of anilines is 2. The molecule has 6 aromatic rings. The molecule has 12 nitrogen and oxygen atoms in total. The van der Waals surface area contributed by atoms with Crippen molar-refractivity contribution in [2.75, 3.05) is 10.6 Å². The largest absolute Gasteiger partial charge is 0.390 e. The maximum Gasteiger partial charge on any atom is 0.172 e. The number of aliphatic hydroxyl groups is 2. The van der Waals surface area contributed by atoms with Gasteiger partial charge in [0.05, 0.1) is 41.5 Å². The SMILES string of the molecule is OCc1cc(NCc2cccnc2)n2ncc(Br)c2n1.OCc1cc(NCc2cccnc2)n2nccc2n1. The van der Waals surface area contributed by atoms with Crippen LogP contribution in [0.4, 0.5) is 11.6 Å². The number of rotatable bonds is 8. The van der Waals surface area contributed by atoms with E-state index in [2.05, 4.69) is 56.7 Å². The summed E-state index contributed by atoms with van der Waals surface area (Å²) in [6.45, 7) is 1.05. The Morgan fingerprint density at radius 1 is 0.718 bits per heavy atom. The Kier molecular flexibility index (Phi) is 8.31. The lowest BCUT2D eigenvalue weighted by atomic mass is 10.3. The Bertz CT molecular complexity index is 1660. The van der Waals surface area contributed by atoms with E-state index in [1.54, 1.807) is 64.4 Å². The summed E-state index contributed by atoms with van der Waals surface area (Å²) in [5.74, 6) is 1.57. The van der Waals surface area contributed by atoms with Gasteiger partial charge in [-0.2, -0.15) is 19.2 Å². The molecular formula is C26H25BrN10O2. The van der Waals surface area contributed by atoms with Crippen LogP contribution in [-0.4, -0.2) is 49.4 Å². The van der Waals surface area contributed by atoms with Gasteiger partial charge in [-0.1, -0.05) is 12.1 Å². The Hall–Kier alpha value is -4.46. The van der Waals surface area contributed by atoms with E-state index in [0.717, 1.165) is 27.2 Å². The molecule has 0 unspecified atom stereocenters. The molecule has 4 N–H and O–H groups in total. The van der Waals surface area contributed by atoms with Crippen LogP contribution in [0.5, 0.6) is 0 Å². The minimum atomic E-state index is -0.115. The van der Waals surface area contributed by atoms with Gasteiger partial charge in [0.1, 0.15) is 11.6 Å². The summed E-state index contributed by atoms with van der Waals surface area (Å²) in [5, 5.41) is 33.5. The van der Waals surface area contributed by atoms with Crippen LogP contribution in [0.2, 0.25) is 0 Å². The van der Waals surface area contributed by atoms with Crippen molar-refractivity contribution in [3.63, 3.8) is 0 Å². The van der Waals surface area contributed by atoms with Crippen LogP contribution in [-0.2, 0) is 26.3 Å². The number of halogens is 1. The number of aliphatic hydroxyl groups excluding tert-OH is 2. The molecule has 198 valence electrons. The first-order valence-corrected chi connectivity index (χ1v) is 12.8. The third-order valence-corrected chi connectivity index (χ3v) is 6.17. The average molecular weight is 589 g/mol. The topological polar surface area (TPSA) is 151 Å². The summed E-state index contributed by atoms with van der Waals surface area (Å²) in [5.41, 5.74) is 4.72. The van der Waals surface area contributed by atoms with E-state index in [1.165, 1.54) is 0 Å². The zero-order valence-corrected chi connectivity index (χ0v) is 22.3. The van der Waals surface area contributed by atoms with Gasteiger partial charge >= 0.3 is 0 Å². The van der Waals surface area contributed by atoms with E-state index >= 15 is 0 Å². The van der Waals surface area contributed by atoms with Crippen molar-refractivity contribution in [2.24, 2.45) is 0 Å². The Balaban J connectivity index is 0.000000158. The van der Waals surface area contributed by atoms with Gasteiger partial charge in [-0.15, -0.1) is 0 Å². The van der Waals surface area contributed by atoms with Crippen molar-refractivity contribution in [3.8, 4) is 0 Å². The molecule has 13 heteroatoms. The maximum atomic E-state index is 9.29. The summed E-state index contributed by atoms with van der Waals surface area (Å²) < 4.78 is 4.19. The standard InChI is InChI=1S/C13H12BrN5O.C13H13N5O/c14-11-7-17-19-12(4-10(8-20)18-13(11)19)16-6-9-2-1-3-15-5-9;19-9-11-6-13(18-12(17-11)3-5-16-18)15-8-10-2-1-4-14-7-10/h1-5,7,16,20H,6,8H2;1-7,15,19H,8-9H2. The second-order valence-electron chi connectivity index (χ2n) is 8.34. The molecular weight excluding hydrogens is 564 g/mol. The lowest BCUT2D eigenvalue weighted by molar-refractivity contribution is 0.277. The molecule has 0 aliphatic rings. The van der Waals surface area contributed by atoms with Gasteiger partial charge in [-0.05, 0) is 39.2 Å². The smallest absolute Gasteiger partial charge is 0.172 e. The van der Waals surface area contributed by atoms with Gasteiger partial charge in [0.15, 0.2) is 11.3 Å². The quantitative estimate of drug-likeness (QED) is 0.208. The third-order valence-electron chi connectivity index (χ3n) is 5.61. The van der Waals surface area contributed by atoms with Crippen LogP contribution in [0.25, 0.3) is 11.3 Å². The van der Waals surface area contributed by atoms with Crippen molar-refractivity contribution in [1.82, 2.24) is 39.2 Å². The van der Waals surface area contributed by atoms with E-state index in [9.17, 15) is 10.2 Å². The second kappa shape index (κ2) is 12.4. The van der Waals surface area contributed by atoms with Gasteiger partial charge in [-0.3, -0.25) is 9.97 Å². The number of pyridine rings is 2. The van der Waals surface area contributed by atoms with E-state index in [0.29, 0.717) is 35.8 Å². The summed E-state index contributed by atoms with van der Waals surface area (Å²) in [6, 6.07) is 13.1. The first-order valence-electron chi connectivity index (χ1n) is 12.0. The Morgan fingerprint density at radius 3 is 1.92 bits per heavy atom. The lowest BCUT2D eigenvalue weighted by Crippen LogP contribution is -2.07. The minimum Gasteiger partial charge on any atom is -0.390 e. The fraction of sp³-hybridized carbons (Fsp3) is 0.154. The molecule has 0 aliphatic carbocycles. The maximum absolute atomic E-state index is 9.29. The minimum absolute atomic E-state index is 0.0940. The van der Waals surface area contributed by atoms with Gasteiger partial charge in [0.2, 0.25) is 0 Å². The van der Waals surface area contributed by atoms with Crippen molar-refractivity contribution in [1.29, 1.82) is 0 Å². The monoisotopic (exact) mass is 588 g/mol. The fourth-order valence-corrected chi connectivity index (χ4v) is 4.10. The van der Waals surface area contributed by atoms with Gasteiger partial charge in [-0.25, -0.2) is 9.97 Å². The van der Waals surface area contributed by atoms with Crippen LogP contribution < -0.4 is 10.6 Å². The van der Waals surface area contributed by atoms with Crippen LogP contribution in [0.15, 0.2) is 84.1 Å².